The summed E-state index contributed by atoms with van der Waals surface area (Å²) >= 11 is 0. The Morgan fingerprint density at radius 1 is 0.921 bits per heavy atom. The van der Waals surface area contributed by atoms with Gasteiger partial charge in [-0.1, -0.05) is 35.5 Å². The Hall–Kier alpha value is -4.68. The Morgan fingerprint density at radius 3 is 2.45 bits per heavy atom. The van der Waals surface area contributed by atoms with E-state index >= 15 is 0 Å². The highest BCUT2D eigenvalue weighted by molar-refractivity contribution is 5.56. The summed E-state index contributed by atoms with van der Waals surface area (Å²) in [7, 11) is 0. The molecule has 0 radical (unpaired) electrons. The number of halogens is 3. The SMILES string of the molecule is O=c1n(Cc2nc(-c3cccc(C(F)(F)F)c3)no2)nc2cc(N3CCN(c4ccccc4)CC3)ncn12. The zero-order chi connectivity index (χ0) is 26.3. The number of hydrogen-bond donors (Lipinski definition) is 0. The van der Waals surface area contributed by atoms with Gasteiger partial charge >= 0.3 is 11.9 Å². The second-order valence-electron chi connectivity index (χ2n) is 8.82. The van der Waals surface area contributed by atoms with Crippen molar-refractivity contribution >= 4 is 17.2 Å². The van der Waals surface area contributed by atoms with Gasteiger partial charge in [-0.25, -0.2) is 18.9 Å². The maximum absolute atomic E-state index is 13.0. The number of nitrogens with zero attached hydrogens (tertiary/aromatic N) is 8. The van der Waals surface area contributed by atoms with Crippen LogP contribution in [0.15, 0.2) is 76.3 Å². The molecule has 1 fully saturated rings. The molecule has 1 saturated heterocycles. The first-order chi connectivity index (χ1) is 18.3. The molecule has 3 aromatic heterocycles. The minimum Gasteiger partial charge on any atom is -0.368 e. The number of fused-ring (bicyclic) bond motifs is 1. The van der Waals surface area contributed by atoms with Crippen molar-refractivity contribution in [3.63, 3.8) is 0 Å². The predicted molar refractivity (Wildman–Crippen MR) is 132 cm³/mol. The highest BCUT2D eigenvalue weighted by Gasteiger charge is 2.31. The molecule has 0 bridgehead atoms. The normalized spacial score (nSPS) is 14.4. The van der Waals surface area contributed by atoms with Crippen LogP contribution in [0.4, 0.5) is 24.7 Å². The van der Waals surface area contributed by atoms with E-state index in [0.717, 1.165) is 43.0 Å². The summed E-state index contributed by atoms with van der Waals surface area (Å²) in [5, 5.41) is 8.13. The molecule has 0 unspecified atom stereocenters. The number of alkyl halides is 3. The summed E-state index contributed by atoms with van der Waals surface area (Å²) in [4.78, 5) is 25.9. The number of para-hydroxylation sites is 1. The number of piperazine rings is 1. The molecule has 10 nitrogen and oxygen atoms in total. The average molecular weight is 522 g/mol. The predicted octanol–water partition coefficient (Wildman–Crippen LogP) is 3.33. The molecular weight excluding hydrogens is 501 g/mol. The minimum absolute atomic E-state index is 0.0125. The van der Waals surface area contributed by atoms with Crippen LogP contribution < -0.4 is 15.5 Å². The molecular formula is C25H21F3N8O2. The third-order valence-electron chi connectivity index (χ3n) is 6.39. The second kappa shape index (κ2) is 9.32. The van der Waals surface area contributed by atoms with Gasteiger partial charge in [0, 0.05) is 43.5 Å². The molecule has 1 aliphatic rings. The lowest BCUT2D eigenvalue weighted by Crippen LogP contribution is -2.46. The van der Waals surface area contributed by atoms with Crippen LogP contribution in [0.5, 0.6) is 0 Å². The van der Waals surface area contributed by atoms with Crippen molar-refractivity contribution in [2.75, 3.05) is 36.0 Å². The van der Waals surface area contributed by atoms with Gasteiger partial charge in [0.25, 0.3) is 0 Å². The van der Waals surface area contributed by atoms with Crippen LogP contribution in [0.2, 0.25) is 0 Å². The summed E-state index contributed by atoms with van der Waals surface area (Å²) in [5.74, 6) is 0.738. The van der Waals surface area contributed by atoms with E-state index in [1.165, 1.54) is 28.5 Å². The number of aromatic nitrogens is 6. The number of rotatable bonds is 5. The molecule has 0 aliphatic carbocycles. The molecule has 13 heteroatoms. The van der Waals surface area contributed by atoms with Gasteiger partial charge in [-0.3, -0.25) is 0 Å². The van der Waals surface area contributed by atoms with Crippen molar-refractivity contribution in [1.29, 1.82) is 0 Å². The Bertz CT molecular complexity index is 1640. The first-order valence-corrected chi connectivity index (χ1v) is 11.9. The maximum atomic E-state index is 13.0. The van der Waals surface area contributed by atoms with Crippen molar-refractivity contribution in [2.24, 2.45) is 0 Å². The van der Waals surface area contributed by atoms with Crippen LogP contribution >= 0.6 is 0 Å². The van der Waals surface area contributed by atoms with Crippen LogP contribution in [-0.2, 0) is 12.7 Å². The first-order valence-electron chi connectivity index (χ1n) is 11.9. The van der Waals surface area contributed by atoms with Gasteiger partial charge in [-0.15, -0.1) is 5.10 Å². The van der Waals surface area contributed by atoms with Gasteiger partial charge in [0.15, 0.2) is 5.65 Å². The van der Waals surface area contributed by atoms with E-state index in [2.05, 4.69) is 42.2 Å². The molecule has 2 aromatic carbocycles. The van der Waals surface area contributed by atoms with Crippen LogP contribution in [0.3, 0.4) is 0 Å². The van der Waals surface area contributed by atoms with Crippen molar-refractivity contribution in [3.05, 3.63) is 88.9 Å². The zero-order valence-electron chi connectivity index (χ0n) is 19.9. The molecule has 194 valence electrons. The highest BCUT2D eigenvalue weighted by Crippen LogP contribution is 2.31. The third-order valence-corrected chi connectivity index (χ3v) is 6.39. The van der Waals surface area contributed by atoms with Gasteiger partial charge in [0.2, 0.25) is 11.7 Å². The number of hydrogen-bond acceptors (Lipinski definition) is 8. The minimum atomic E-state index is -4.49. The summed E-state index contributed by atoms with van der Waals surface area (Å²) < 4.78 is 46.8. The second-order valence-corrected chi connectivity index (χ2v) is 8.82. The van der Waals surface area contributed by atoms with Gasteiger partial charge in [-0.05, 0) is 24.3 Å². The van der Waals surface area contributed by atoms with Gasteiger partial charge in [0.05, 0.1) is 5.56 Å². The number of benzene rings is 2. The average Bonchev–Trinajstić information content (AvgIpc) is 3.53. The summed E-state index contributed by atoms with van der Waals surface area (Å²) in [6, 6.07) is 16.6. The lowest BCUT2D eigenvalue weighted by atomic mass is 10.1. The molecule has 0 saturated carbocycles. The Labute approximate surface area is 213 Å². The molecule has 5 aromatic rings. The fourth-order valence-electron chi connectivity index (χ4n) is 4.42. The van der Waals surface area contributed by atoms with E-state index < -0.39 is 17.4 Å². The Morgan fingerprint density at radius 2 is 1.68 bits per heavy atom. The Kier molecular flexibility index (Phi) is 5.81. The summed E-state index contributed by atoms with van der Waals surface area (Å²) in [5.41, 5.74) is 0.467. The van der Waals surface area contributed by atoms with Crippen molar-refractivity contribution in [1.82, 2.24) is 29.3 Å². The lowest BCUT2D eigenvalue weighted by molar-refractivity contribution is -0.137. The zero-order valence-corrected chi connectivity index (χ0v) is 19.9. The standard InChI is InChI=1S/C25H21F3N8O2/c26-25(27,28)18-6-4-5-17(13-18)23-30-22(38-32-23)15-36-24(37)35-16-29-20(14-21(35)31-36)34-11-9-33(10-12-34)19-7-2-1-3-8-19/h1-8,13-14,16H,9-12,15H2. The summed E-state index contributed by atoms with van der Waals surface area (Å²) in [6.45, 7) is 3.07. The van der Waals surface area contributed by atoms with Gasteiger partial charge in [-0.2, -0.15) is 18.2 Å². The topological polar surface area (TPSA) is 97.6 Å². The number of anilines is 2. The monoisotopic (exact) mass is 522 g/mol. The van der Waals surface area contributed by atoms with E-state index in [1.807, 2.05) is 18.2 Å². The molecule has 6 rings (SSSR count). The van der Waals surface area contributed by atoms with E-state index in [4.69, 9.17) is 4.52 Å². The smallest absolute Gasteiger partial charge is 0.368 e. The van der Waals surface area contributed by atoms with Crippen molar-refractivity contribution in [2.45, 2.75) is 12.7 Å². The highest BCUT2D eigenvalue weighted by atomic mass is 19.4. The lowest BCUT2D eigenvalue weighted by Gasteiger charge is -2.36. The fourth-order valence-corrected chi connectivity index (χ4v) is 4.42. The molecule has 0 spiro atoms. The molecule has 0 N–H and O–H groups in total. The van der Waals surface area contributed by atoms with Crippen LogP contribution in [0, 0.1) is 0 Å². The third kappa shape index (κ3) is 4.58. The maximum Gasteiger partial charge on any atom is 0.416 e. The van der Waals surface area contributed by atoms with Crippen molar-refractivity contribution < 1.29 is 17.7 Å². The first kappa shape index (κ1) is 23.7. The van der Waals surface area contributed by atoms with Crippen molar-refractivity contribution in [3.8, 4) is 11.4 Å². The van der Waals surface area contributed by atoms with Crippen LogP contribution in [-0.4, -0.2) is 55.5 Å². The van der Waals surface area contributed by atoms with E-state index in [1.54, 1.807) is 6.07 Å². The molecule has 0 amide bonds. The van der Waals surface area contributed by atoms with Gasteiger partial charge < -0.3 is 14.3 Å². The van der Waals surface area contributed by atoms with E-state index in [9.17, 15) is 18.0 Å². The quantitative estimate of drug-likeness (QED) is 0.347. The largest absolute Gasteiger partial charge is 0.416 e. The van der Waals surface area contributed by atoms with Crippen LogP contribution in [0.25, 0.3) is 17.0 Å². The molecule has 1 aliphatic heterocycles. The van der Waals surface area contributed by atoms with Gasteiger partial charge in [0.1, 0.15) is 18.7 Å². The molecule has 38 heavy (non-hydrogen) atoms. The van der Waals surface area contributed by atoms with E-state index in [-0.39, 0.29) is 23.8 Å². The molecule has 0 atom stereocenters. The Balaban J connectivity index is 1.18. The fraction of sp³-hybridized carbons (Fsp3) is 0.240. The van der Waals surface area contributed by atoms with E-state index in [0.29, 0.717) is 11.5 Å². The molecule has 4 heterocycles. The summed E-state index contributed by atoms with van der Waals surface area (Å²) in [6.07, 6.45) is -3.06. The van der Waals surface area contributed by atoms with Crippen LogP contribution in [0.1, 0.15) is 11.5 Å².